The summed E-state index contributed by atoms with van der Waals surface area (Å²) in [5.41, 5.74) is 9.93. The van der Waals surface area contributed by atoms with Crippen molar-refractivity contribution in [1.29, 1.82) is 10.5 Å². The standard InChI is InChI=1S/C43H36N4O3S/c1-31-8-17-36(18-9-31)47(37-19-10-32(2)11-20-37)38-21-14-34(15-22-38)16-23-39-28-42(35(29-44)30-45)41-6-4-5-7-43(41)46(39)26-27-50-51(48,49)40-24-12-33(3)13-25-40/h4-25,28H,26-27H2,1-3H3/b23-16+. The lowest BCUT2D eigenvalue weighted by Gasteiger charge is -2.32. The van der Waals surface area contributed by atoms with Crippen LogP contribution in [-0.2, 0) is 14.3 Å². The molecule has 0 saturated heterocycles. The molecule has 0 aliphatic carbocycles. The molecule has 0 saturated carbocycles. The van der Waals surface area contributed by atoms with E-state index in [4.69, 9.17) is 4.18 Å². The summed E-state index contributed by atoms with van der Waals surface area (Å²) in [6.45, 7) is 6.10. The van der Waals surface area contributed by atoms with Crippen LogP contribution in [0.5, 0.6) is 0 Å². The zero-order valence-corrected chi connectivity index (χ0v) is 29.4. The van der Waals surface area contributed by atoms with Gasteiger partial charge in [0.2, 0.25) is 0 Å². The molecule has 0 atom stereocenters. The van der Waals surface area contributed by atoms with Gasteiger partial charge < -0.3 is 9.80 Å². The monoisotopic (exact) mass is 688 g/mol. The number of nitriles is 2. The second kappa shape index (κ2) is 15.1. The third kappa shape index (κ3) is 7.84. The lowest BCUT2D eigenvalue weighted by molar-refractivity contribution is 0.326. The van der Waals surface area contributed by atoms with E-state index in [1.165, 1.54) is 23.3 Å². The van der Waals surface area contributed by atoms with Gasteiger partial charge in [0.15, 0.2) is 0 Å². The maximum atomic E-state index is 13.0. The number of hydrogen-bond acceptors (Lipinski definition) is 7. The topological polar surface area (TPSA) is 97.4 Å². The molecule has 0 unspecified atom stereocenters. The molecule has 0 spiro atoms. The Balaban J connectivity index is 1.31. The van der Waals surface area contributed by atoms with Crippen LogP contribution in [0.3, 0.4) is 0 Å². The highest BCUT2D eigenvalue weighted by Gasteiger charge is 2.25. The molecular weight excluding hydrogens is 653 g/mol. The number of hydrogen-bond donors (Lipinski definition) is 0. The van der Waals surface area contributed by atoms with Crippen LogP contribution in [0.1, 0.15) is 27.8 Å². The number of nitrogens with zero attached hydrogens (tertiary/aromatic N) is 4. The first-order valence-corrected chi connectivity index (χ1v) is 17.9. The Kier molecular flexibility index (Phi) is 10.3. The first kappa shape index (κ1) is 34.7. The molecule has 5 aromatic rings. The third-order valence-corrected chi connectivity index (χ3v) is 9.95. The molecule has 1 aliphatic heterocycles. The van der Waals surface area contributed by atoms with Gasteiger partial charge in [0.25, 0.3) is 10.1 Å². The number of rotatable bonds is 10. The predicted molar refractivity (Wildman–Crippen MR) is 204 cm³/mol. The van der Waals surface area contributed by atoms with Crippen molar-refractivity contribution in [3.05, 3.63) is 173 Å². The summed E-state index contributed by atoms with van der Waals surface area (Å²) in [7, 11) is -3.98. The van der Waals surface area contributed by atoms with Crippen molar-refractivity contribution in [3.8, 4) is 12.1 Å². The Morgan fingerprint density at radius 2 is 1.22 bits per heavy atom. The average molecular weight is 689 g/mol. The molecule has 1 heterocycles. The van der Waals surface area contributed by atoms with Crippen LogP contribution in [0.15, 0.2) is 150 Å². The van der Waals surface area contributed by atoms with E-state index < -0.39 is 10.1 Å². The van der Waals surface area contributed by atoms with Crippen molar-refractivity contribution in [3.63, 3.8) is 0 Å². The van der Waals surface area contributed by atoms with Crippen molar-refractivity contribution >= 4 is 44.5 Å². The Morgan fingerprint density at radius 3 is 1.76 bits per heavy atom. The van der Waals surface area contributed by atoms with Crippen LogP contribution in [0.2, 0.25) is 0 Å². The first-order valence-electron chi connectivity index (χ1n) is 16.5. The van der Waals surface area contributed by atoms with E-state index in [2.05, 4.69) is 79.4 Å². The second-order valence-electron chi connectivity index (χ2n) is 12.3. The molecule has 252 valence electrons. The van der Waals surface area contributed by atoms with Crippen LogP contribution in [0.4, 0.5) is 22.7 Å². The van der Waals surface area contributed by atoms with E-state index >= 15 is 0 Å². The van der Waals surface area contributed by atoms with Gasteiger partial charge in [-0.05, 0) is 93.1 Å². The Bertz CT molecular complexity index is 2270. The Hall–Kier alpha value is -6.19. The summed E-state index contributed by atoms with van der Waals surface area (Å²) >= 11 is 0. The van der Waals surface area contributed by atoms with E-state index in [-0.39, 0.29) is 23.6 Å². The highest BCUT2D eigenvalue weighted by atomic mass is 32.2. The third-order valence-electron chi connectivity index (χ3n) is 8.63. The largest absolute Gasteiger partial charge is 0.339 e. The molecule has 1 aliphatic rings. The molecule has 5 aromatic carbocycles. The SMILES string of the molecule is Cc1ccc(N(c2ccc(C)cc2)c2ccc(/C=C/C3=CC(=C(C#N)C#N)c4ccccc4N3CCOS(=O)(=O)c3ccc(C)cc3)cc2)cc1. The van der Waals surface area contributed by atoms with Gasteiger partial charge in [0.1, 0.15) is 17.7 Å². The molecule has 7 nitrogen and oxygen atoms in total. The van der Waals surface area contributed by atoms with Crippen molar-refractivity contribution < 1.29 is 12.6 Å². The van der Waals surface area contributed by atoms with Gasteiger partial charge in [-0.1, -0.05) is 89.5 Å². The zero-order valence-electron chi connectivity index (χ0n) is 28.6. The minimum Gasteiger partial charge on any atom is -0.339 e. The number of aryl methyl sites for hydroxylation is 3. The molecular formula is C43H36N4O3S. The van der Waals surface area contributed by atoms with Crippen LogP contribution in [0, 0.1) is 43.4 Å². The van der Waals surface area contributed by atoms with Crippen LogP contribution < -0.4 is 9.80 Å². The predicted octanol–water partition coefficient (Wildman–Crippen LogP) is 9.71. The summed E-state index contributed by atoms with van der Waals surface area (Å²) in [4.78, 5) is 4.24. The van der Waals surface area contributed by atoms with Crippen molar-refractivity contribution in [2.75, 3.05) is 23.0 Å². The lowest BCUT2D eigenvalue weighted by Crippen LogP contribution is -2.30. The second-order valence-corrected chi connectivity index (χ2v) is 13.9. The minimum atomic E-state index is -3.98. The van der Waals surface area contributed by atoms with E-state index in [0.29, 0.717) is 16.8 Å². The van der Waals surface area contributed by atoms with E-state index in [1.54, 1.807) is 18.2 Å². The number of fused-ring (bicyclic) bond motifs is 1. The average Bonchev–Trinajstić information content (AvgIpc) is 3.14. The molecule has 0 N–H and O–H groups in total. The number of anilines is 4. The number of allylic oxidation sites excluding steroid dienone is 4. The molecule has 8 heteroatoms. The van der Waals surface area contributed by atoms with Gasteiger partial charge in [-0.3, -0.25) is 4.18 Å². The van der Waals surface area contributed by atoms with E-state index in [0.717, 1.165) is 33.9 Å². The Morgan fingerprint density at radius 1 is 0.706 bits per heavy atom. The highest BCUT2D eigenvalue weighted by molar-refractivity contribution is 7.86. The van der Waals surface area contributed by atoms with Crippen molar-refractivity contribution in [2.24, 2.45) is 0 Å². The van der Waals surface area contributed by atoms with Gasteiger partial charge in [-0.2, -0.15) is 18.9 Å². The van der Waals surface area contributed by atoms with Gasteiger partial charge in [-0.25, -0.2) is 0 Å². The fourth-order valence-corrected chi connectivity index (χ4v) is 6.78. The maximum absolute atomic E-state index is 13.0. The first-order chi connectivity index (χ1) is 24.7. The summed E-state index contributed by atoms with van der Waals surface area (Å²) < 4.78 is 31.4. The van der Waals surface area contributed by atoms with Crippen LogP contribution in [0.25, 0.3) is 11.6 Å². The van der Waals surface area contributed by atoms with Crippen molar-refractivity contribution in [1.82, 2.24) is 0 Å². The molecule has 0 fully saturated rings. The lowest BCUT2D eigenvalue weighted by atomic mass is 9.93. The summed E-state index contributed by atoms with van der Waals surface area (Å²) in [6.07, 6.45) is 5.65. The van der Waals surface area contributed by atoms with Gasteiger partial charge in [0.05, 0.1) is 11.5 Å². The van der Waals surface area contributed by atoms with Crippen LogP contribution >= 0.6 is 0 Å². The van der Waals surface area contributed by atoms with Gasteiger partial charge >= 0.3 is 0 Å². The molecule has 0 radical (unpaired) electrons. The normalized spacial score (nSPS) is 12.5. The van der Waals surface area contributed by atoms with Crippen molar-refractivity contribution in [2.45, 2.75) is 25.7 Å². The number of para-hydroxylation sites is 1. The molecule has 0 bridgehead atoms. The number of benzene rings is 5. The zero-order chi connectivity index (χ0) is 36.0. The van der Waals surface area contributed by atoms with Crippen LogP contribution in [-0.4, -0.2) is 21.6 Å². The Labute approximate surface area is 300 Å². The fourth-order valence-electron chi connectivity index (χ4n) is 5.88. The molecule has 6 rings (SSSR count). The molecule has 0 aromatic heterocycles. The molecule has 51 heavy (non-hydrogen) atoms. The summed E-state index contributed by atoms with van der Waals surface area (Å²) in [5, 5.41) is 19.6. The summed E-state index contributed by atoms with van der Waals surface area (Å²) in [5.74, 6) is 0. The smallest absolute Gasteiger partial charge is 0.297 e. The van der Waals surface area contributed by atoms with E-state index in [9.17, 15) is 18.9 Å². The highest BCUT2D eigenvalue weighted by Crippen LogP contribution is 2.39. The fraction of sp³-hybridized carbons (Fsp3) is 0.116. The molecule has 0 amide bonds. The maximum Gasteiger partial charge on any atom is 0.297 e. The van der Waals surface area contributed by atoms with Gasteiger partial charge in [0, 0.05) is 46.1 Å². The minimum absolute atomic E-state index is 0.0112. The summed E-state index contributed by atoms with van der Waals surface area (Å²) in [6, 6.07) is 43.1. The quantitative estimate of drug-likeness (QED) is 0.106. The van der Waals surface area contributed by atoms with E-state index in [1.807, 2.05) is 72.5 Å². The van der Waals surface area contributed by atoms with Gasteiger partial charge in [-0.15, -0.1) is 0 Å².